The molecule has 0 spiro atoms. The average molecular weight is 121 g/mol. The van der Waals surface area contributed by atoms with Gasteiger partial charge >= 0.3 is 0 Å². The molecular weight excluding hydrogens is 108 g/mol. The van der Waals surface area contributed by atoms with Crippen LogP contribution in [0.5, 0.6) is 0 Å². The summed E-state index contributed by atoms with van der Waals surface area (Å²) in [5, 5.41) is 0. The van der Waals surface area contributed by atoms with Gasteiger partial charge in [0.05, 0.1) is 0 Å². The Bertz CT molecular complexity index is 153. The van der Waals surface area contributed by atoms with Crippen LogP contribution in [0.2, 0.25) is 0 Å². The molecule has 0 heteroatoms. The topological polar surface area (TPSA) is 0 Å². The summed E-state index contributed by atoms with van der Waals surface area (Å²) in [6.45, 7) is 6.64. The van der Waals surface area contributed by atoms with Crippen LogP contribution >= 0.6 is 0 Å². The Hall–Kier alpha value is -0.520. The number of hydrogen-bond acceptors (Lipinski definition) is 0. The largest absolute Gasteiger partial charge is 0.0798 e. The molecule has 0 unspecified atom stereocenters. The van der Waals surface area contributed by atoms with Crippen LogP contribution in [0.3, 0.4) is 0 Å². The highest BCUT2D eigenvalue weighted by atomic mass is 14.2. The second kappa shape index (κ2) is 2.02. The van der Waals surface area contributed by atoms with E-state index in [1.807, 2.05) is 0 Å². The van der Waals surface area contributed by atoms with Gasteiger partial charge in [-0.25, -0.2) is 0 Å². The first kappa shape index (κ1) is 6.60. The summed E-state index contributed by atoms with van der Waals surface area (Å²) in [6.07, 6.45) is 8.63. The molecule has 0 nitrogen and oxygen atoms in total. The van der Waals surface area contributed by atoms with Crippen LogP contribution in [0.25, 0.3) is 0 Å². The van der Waals surface area contributed by atoms with Crippen molar-refractivity contribution in [2.75, 3.05) is 0 Å². The first-order valence-corrected chi connectivity index (χ1v) is 3.38. The minimum atomic E-state index is 0.299. The molecule has 0 amide bonds. The van der Waals surface area contributed by atoms with Crippen LogP contribution in [-0.2, 0) is 0 Å². The molecule has 1 aliphatic carbocycles. The lowest BCUT2D eigenvalue weighted by molar-refractivity contribution is 0.516. The van der Waals surface area contributed by atoms with E-state index < -0.39 is 0 Å². The van der Waals surface area contributed by atoms with Gasteiger partial charge in [-0.1, -0.05) is 32.9 Å². The predicted octanol–water partition coefficient (Wildman–Crippen LogP) is 2.72. The highest BCUT2D eigenvalue weighted by Gasteiger charge is 2.15. The molecular formula is C9H13. The van der Waals surface area contributed by atoms with E-state index in [4.69, 9.17) is 0 Å². The van der Waals surface area contributed by atoms with Gasteiger partial charge in [-0.05, 0) is 23.5 Å². The summed E-state index contributed by atoms with van der Waals surface area (Å²) in [5.41, 5.74) is 1.65. The average Bonchev–Trinajstić information content (AvgIpc) is 2.08. The van der Waals surface area contributed by atoms with E-state index in [1.165, 1.54) is 5.57 Å². The van der Waals surface area contributed by atoms with Crippen molar-refractivity contribution in [1.29, 1.82) is 0 Å². The molecule has 0 aromatic rings. The van der Waals surface area contributed by atoms with Gasteiger partial charge in [0, 0.05) is 0 Å². The third kappa shape index (κ3) is 1.44. The third-order valence-corrected chi connectivity index (χ3v) is 1.50. The Kier molecular flexibility index (Phi) is 1.48. The first-order chi connectivity index (χ1) is 4.11. The van der Waals surface area contributed by atoms with Crippen molar-refractivity contribution >= 4 is 0 Å². The Labute approximate surface area is 57.3 Å². The van der Waals surface area contributed by atoms with E-state index in [9.17, 15) is 0 Å². The molecule has 0 aromatic carbocycles. The Morgan fingerprint density at radius 2 is 2.11 bits per heavy atom. The van der Waals surface area contributed by atoms with Gasteiger partial charge in [0.25, 0.3) is 0 Å². The minimum absolute atomic E-state index is 0.299. The summed E-state index contributed by atoms with van der Waals surface area (Å²) in [4.78, 5) is 0. The summed E-state index contributed by atoms with van der Waals surface area (Å²) in [5.74, 6) is 0. The maximum atomic E-state index is 3.30. The van der Waals surface area contributed by atoms with E-state index in [2.05, 4.69) is 39.0 Å². The first-order valence-electron chi connectivity index (χ1n) is 3.38. The van der Waals surface area contributed by atoms with Crippen LogP contribution in [0.15, 0.2) is 17.7 Å². The van der Waals surface area contributed by atoms with Gasteiger partial charge in [0.15, 0.2) is 0 Å². The van der Waals surface area contributed by atoms with E-state index >= 15 is 0 Å². The Balaban J connectivity index is 2.73. The fourth-order valence-electron chi connectivity index (χ4n) is 0.920. The lowest BCUT2D eigenvalue weighted by Gasteiger charge is -2.17. The van der Waals surface area contributed by atoms with Gasteiger partial charge in [-0.3, -0.25) is 0 Å². The molecule has 0 heterocycles. The second-order valence-corrected chi connectivity index (χ2v) is 3.45. The van der Waals surface area contributed by atoms with Crippen LogP contribution in [0.4, 0.5) is 0 Å². The predicted molar refractivity (Wildman–Crippen MR) is 40.0 cm³/mol. The summed E-state index contributed by atoms with van der Waals surface area (Å²) in [6, 6.07) is 0. The fourth-order valence-corrected chi connectivity index (χ4v) is 0.920. The molecule has 0 N–H and O–H groups in total. The molecule has 0 atom stereocenters. The van der Waals surface area contributed by atoms with Crippen molar-refractivity contribution < 1.29 is 0 Å². The van der Waals surface area contributed by atoms with Crippen molar-refractivity contribution in [1.82, 2.24) is 0 Å². The summed E-state index contributed by atoms with van der Waals surface area (Å²) >= 11 is 0. The van der Waals surface area contributed by atoms with Gasteiger partial charge < -0.3 is 0 Å². The quantitative estimate of drug-likeness (QED) is 0.462. The molecule has 0 aliphatic heterocycles. The minimum Gasteiger partial charge on any atom is -0.0798 e. The molecule has 0 saturated heterocycles. The maximum Gasteiger partial charge on any atom is -0.00883 e. The van der Waals surface area contributed by atoms with Crippen molar-refractivity contribution in [2.45, 2.75) is 27.2 Å². The molecule has 1 rings (SSSR count). The molecule has 1 aliphatic rings. The van der Waals surface area contributed by atoms with Crippen molar-refractivity contribution in [3.05, 3.63) is 23.8 Å². The van der Waals surface area contributed by atoms with Crippen LogP contribution in [0, 0.1) is 11.5 Å². The van der Waals surface area contributed by atoms with Gasteiger partial charge in [-0.2, -0.15) is 0 Å². The van der Waals surface area contributed by atoms with Gasteiger partial charge in [0.2, 0.25) is 0 Å². The van der Waals surface area contributed by atoms with E-state index in [0.717, 1.165) is 6.42 Å². The molecule has 9 heavy (non-hydrogen) atoms. The molecule has 1 radical (unpaired) electrons. The molecule has 0 aromatic heterocycles. The number of allylic oxidation sites excluding steroid dienone is 4. The van der Waals surface area contributed by atoms with Crippen LogP contribution < -0.4 is 0 Å². The highest BCUT2D eigenvalue weighted by molar-refractivity contribution is 5.27. The lowest BCUT2D eigenvalue weighted by atomic mass is 9.87. The van der Waals surface area contributed by atoms with E-state index in [0.29, 0.717) is 5.41 Å². The van der Waals surface area contributed by atoms with Crippen molar-refractivity contribution in [3.63, 3.8) is 0 Å². The smallest absolute Gasteiger partial charge is 0.00883 e. The van der Waals surface area contributed by atoms with Gasteiger partial charge in [0.1, 0.15) is 0 Å². The molecule has 49 valence electrons. The molecule has 0 fully saturated rings. The fraction of sp³-hybridized carbons (Fsp3) is 0.556. The zero-order chi connectivity index (χ0) is 6.91. The van der Waals surface area contributed by atoms with Crippen LogP contribution in [0.1, 0.15) is 27.2 Å². The van der Waals surface area contributed by atoms with Crippen LogP contribution in [-0.4, -0.2) is 0 Å². The highest BCUT2D eigenvalue weighted by Crippen LogP contribution is 2.28. The van der Waals surface area contributed by atoms with Gasteiger partial charge in [-0.15, -0.1) is 0 Å². The Morgan fingerprint density at radius 3 is 2.33 bits per heavy atom. The number of rotatable bonds is 0. The van der Waals surface area contributed by atoms with Crippen molar-refractivity contribution in [2.24, 2.45) is 5.41 Å². The van der Waals surface area contributed by atoms with E-state index in [-0.39, 0.29) is 0 Å². The molecule has 0 saturated carbocycles. The Morgan fingerprint density at radius 1 is 1.44 bits per heavy atom. The third-order valence-electron chi connectivity index (χ3n) is 1.50. The maximum absolute atomic E-state index is 3.30. The summed E-state index contributed by atoms with van der Waals surface area (Å²) < 4.78 is 0. The summed E-state index contributed by atoms with van der Waals surface area (Å²) in [7, 11) is 0. The zero-order valence-corrected chi connectivity index (χ0v) is 6.36. The monoisotopic (exact) mass is 121 g/mol. The SMILES string of the molecule is CC(C)(C)C1=[C]CC=C1. The standard InChI is InChI=1S/C9H13/c1-9(2,3)8-6-4-5-7-8/h4,6H,5H2,1-3H3. The zero-order valence-electron chi connectivity index (χ0n) is 6.36. The molecule has 0 bridgehead atoms. The lowest BCUT2D eigenvalue weighted by Crippen LogP contribution is -2.05. The number of hydrogen-bond donors (Lipinski definition) is 0. The second-order valence-electron chi connectivity index (χ2n) is 3.45. The van der Waals surface area contributed by atoms with Crippen molar-refractivity contribution in [3.8, 4) is 0 Å². The normalized spacial score (nSPS) is 18.3. The van der Waals surface area contributed by atoms with E-state index in [1.54, 1.807) is 0 Å².